The molecule has 2 atom stereocenters. The van der Waals surface area contributed by atoms with Crippen molar-refractivity contribution in [2.75, 3.05) is 32.5 Å². The largest absolute Gasteiger partial charge is 0.391 e. The summed E-state index contributed by atoms with van der Waals surface area (Å²) >= 11 is 6.88. The van der Waals surface area contributed by atoms with Gasteiger partial charge in [-0.1, -0.05) is 12.2 Å². The molecular formula is C12H24N2OS2. The lowest BCUT2D eigenvalue weighted by molar-refractivity contribution is 0.0857. The van der Waals surface area contributed by atoms with E-state index in [1.807, 2.05) is 18.7 Å². The number of likely N-dealkylation sites (tertiary alicyclic amines) is 1. The Hall–Kier alpha value is 0.160. The molecule has 3 nitrogen and oxygen atoms in total. The SMILES string of the molecule is CSC1CCCN(CCOC(C)C(N)=S)CC1. The summed E-state index contributed by atoms with van der Waals surface area (Å²) in [4.78, 5) is 2.94. The van der Waals surface area contributed by atoms with Gasteiger partial charge < -0.3 is 15.4 Å². The summed E-state index contributed by atoms with van der Waals surface area (Å²) in [5, 5.41) is 0.844. The van der Waals surface area contributed by atoms with Crippen LogP contribution in [-0.2, 0) is 4.74 Å². The average molecular weight is 276 g/mol. The monoisotopic (exact) mass is 276 g/mol. The van der Waals surface area contributed by atoms with Gasteiger partial charge in [0.05, 0.1) is 6.61 Å². The molecule has 0 bridgehead atoms. The van der Waals surface area contributed by atoms with E-state index in [1.54, 1.807) is 0 Å². The molecule has 100 valence electrons. The Bertz CT molecular complexity index is 239. The first kappa shape index (κ1) is 15.2. The molecule has 0 radical (unpaired) electrons. The number of hydrogen-bond acceptors (Lipinski definition) is 4. The highest BCUT2D eigenvalue weighted by molar-refractivity contribution is 7.99. The summed E-state index contributed by atoms with van der Waals surface area (Å²) in [5.41, 5.74) is 5.51. The van der Waals surface area contributed by atoms with E-state index in [0.717, 1.165) is 18.4 Å². The predicted molar refractivity (Wildman–Crippen MR) is 79.8 cm³/mol. The Balaban J connectivity index is 2.17. The van der Waals surface area contributed by atoms with E-state index in [1.165, 1.54) is 32.4 Å². The van der Waals surface area contributed by atoms with E-state index in [0.29, 0.717) is 4.99 Å². The van der Waals surface area contributed by atoms with Crippen LogP contribution >= 0.6 is 24.0 Å². The Morgan fingerprint density at radius 1 is 1.53 bits per heavy atom. The van der Waals surface area contributed by atoms with Gasteiger partial charge in [0.15, 0.2) is 0 Å². The van der Waals surface area contributed by atoms with E-state index in [9.17, 15) is 0 Å². The number of thioether (sulfide) groups is 1. The molecule has 1 aliphatic heterocycles. The van der Waals surface area contributed by atoms with Gasteiger partial charge in [0, 0.05) is 11.8 Å². The first-order chi connectivity index (χ1) is 8.13. The molecule has 0 aromatic rings. The van der Waals surface area contributed by atoms with Crippen molar-refractivity contribution in [1.82, 2.24) is 4.90 Å². The smallest absolute Gasteiger partial charge is 0.104 e. The van der Waals surface area contributed by atoms with Crippen LogP contribution in [0, 0.1) is 0 Å². The molecule has 0 amide bonds. The number of nitrogens with zero attached hydrogens (tertiary/aromatic N) is 1. The van der Waals surface area contributed by atoms with Crippen molar-refractivity contribution in [1.29, 1.82) is 0 Å². The van der Waals surface area contributed by atoms with Crippen LogP contribution in [-0.4, -0.2) is 53.7 Å². The Labute approximate surface area is 114 Å². The zero-order valence-corrected chi connectivity index (χ0v) is 12.5. The summed E-state index contributed by atoms with van der Waals surface area (Å²) in [7, 11) is 0. The van der Waals surface area contributed by atoms with Gasteiger partial charge in [-0.2, -0.15) is 11.8 Å². The van der Waals surface area contributed by atoms with Gasteiger partial charge in [-0.05, 0) is 45.5 Å². The van der Waals surface area contributed by atoms with Crippen molar-refractivity contribution in [2.45, 2.75) is 37.5 Å². The summed E-state index contributed by atoms with van der Waals surface area (Å²) in [6.45, 7) is 6.02. The highest BCUT2D eigenvalue weighted by atomic mass is 32.2. The zero-order valence-electron chi connectivity index (χ0n) is 10.9. The van der Waals surface area contributed by atoms with Crippen LogP contribution < -0.4 is 5.73 Å². The maximum Gasteiger partial charge on any atom is 0.104 e. The van der Waals surface area contributed by atoms with E-state index in [-0.39, 0.29) is 6.10 Å². The lowest BCUT2D eigenvalue weighted by Gasteiger charge is -2.21. The normalized spacial score (nSPS) is 24.2. The molecule has 0 aromatic carbocycles. The second-order valence-corrected chi connectivity index (χ2v) is 6.16. The van der Waals surface area contributed by atoms with Crippen LogP contribution in [0.15, 0.2) is 0 Å². The fraction of sp³-hybridized carbons (Fsp3) is 0.917. The molecule has 0 saturated carbocycles. The lowest BCUT2D eigenvalue weighted by atomic mass is 10.2. The number of ether oxygens (including phenoxy) is 1. The molecule has 0 aliphatic carbocycles. The summed E-state index contributed by atoms with van der Waals surface area (Å²) in [5.74, 6) is 0. The minimum absolute atomic E-state index is 0.101. The van der Waals surface area contributed by atoms with Gasteiger partial charge in [-0.15, -0.1) is 0 Å². The van der Waals surface area contributed by atoms with Crippen molar-refractivity contribution in [3.63, 3.8) is 0 Å². The molecule has 1 rings (SSSR count). The second kappa shape index (κ2) is 8.29. The first-order valence-electron chi connectivity index (χ1n) is 6.29. The van der Waals surface area contributed by atoms with Gasteiger partial charge in [0.2, 0.25) is 0 Å². The summed E-state index contributed by atoms with van der Waals surface area (Å²) in [6.07, 6.45) is 6.06. The van der Waals surface area contributed by atoms with Crippen LogP contribution in [0.1, 0.15) is 26.2 Å². The molecule has 17 heavy (non-hydrogen) atoms. The lowest BCUT2D eigenvalue weighted by Crippen LogP contribution is -2.32. The van der Waals surface area contributed by atoms with Crippen LogP contribution in [0.5, 0.6) is 0 Å². The molecule has 2 unspecified atom stereocenters. The highest BCUT2D eigenvalue weighted by Crippen LogP contribution is 2.20. The third-order valence-corrected chi connectivity index (χ3v) is 4.75. The fourth-order valence-corrected chi connectivity index (χ4v) is 2.84. The van der Waals surface area contributed by atoms with Gasteiger partial charge in [-0.3, -0.25) is 0 Å². The molecule has 1 aliphatic rings. The predicted octanol–water partition coefficient (Wildman–Crippen LogP) is 1.90. The summed E-state index contributed by atoms with van der Waals surface area (Å²) in [6, 6.07) is 0. The van der Waals surface area contributed by atoms with Gasteiger partial charge in [-0.25, -0.2) is 0 Å². The second-order valence-electron chi connectivity index (χ2n) is 4.55. The number of nitrogens with two attached hydrogens (primary N) is 1. The Kier molecular flexibility index (Phi) is 7.43. The number of rotatable bonds is 6. The molecular weight excluding hydrogens is 252 g/mol. The molecule has 2 N–H and O–H groups in total. The topological polar surface area (TPSA) is 38.5 Å². The van der Waals surface area contributed by atoms with Crippen molar-refractivity contribution in [3.05, 3.63) is 0 Å². The number of thiocarbonyl (C=S) groups is 1. The molecule has 5 heteroatoms. The Morgan fingerprint density at radius 2 is 2.29 bits per heavy atom. The fourth-order valence-electron chi connectivity index (χ4n) is 2.03. The van der Waals surface area contributed by atoms with E-state index < -0.39 is 0 Å². The van der Waals surface area contributed by atoms with E-state index in [2.05, 4.69) is 11.2 Å². The minimum Gasteiger partial charge on any atom is -0.391 e. The van der Waals surface area contributed by atoms with Crippen molar-refractivity contribution in [2.24, 2.45) is 5.73 Å². The van der Waals surface area contributed by atoms with Crippen LogP contribution in [0.25, 0.3) is 0 Å². The zero-order chi connectivity index (χ0) is 12.7. The van der Waals surface area contributed by atoms with Crippen molar-refractivity contribution >= 4 is 29.0 Å². The van der Waals surface area contributed by atoms with Crippen LogP contribution in [0.2, 0.25) is 0 Å². The third kappa shape index (κ3) is 6.04. The van der Waals surface area contributed by atoms with Gasteiger partial charge in [0.25, 0.3) is 0 Å². The van der Waals surface area contributed by atoms with Crippen molar-refractivity contribution < 1.29 is 4.74 Å². The quantitative estimate of drug-likeness (QED) is 0.750. The van der Waals surface area contributed by atoms with Gasteiger partial charge >= 0.3 is 0 Å². The van der Waals surface area contributed by atoms with Gasteiger partial charge in [0.1, 0.15) is 11.1 Å². The molecule has 1 heterocycles. The number of hydrogen-bond donors (Lipinski definition) is 1. The van der Waals surface area contributed by atoms with E-state index in [4.69, 9.17) is 22.7 Å². The standard InChI is InChI=1S/C12H24N2OS2/c1-10(12(13)16)15-9-8-14-6-3-4-11(17-2)5-7-14/h10-11H,3-9H2,1-2H3,(H2,13,16). The first-order valence-corrected chi connectivity index (χ1v) is 7.99. The maximum absolute atomic E-state index is 5.59. The minimum atomic E-state index is -0.101. The maximum atomic E-state index is 5.59. The van der Waals surface area contributed by atoms with Crippen LogP contribution in [0.4, 0.5) is 0 Å². The highest BCUT2D eigenvalue weighted by Gasteiger charge is 2.16. The molecule has 0 aromatic heterocycles. The van der Waals surface area contributed by atoms with E-state index >= 15 is 0 Å². The molecule has 1 fully saturated rings. The average Bonchev–Trinajstić information content (AvgIpc) is 2.54. The Morgan fingerprint density at radius 3 is 2.94 bits per heavy atom. The third-order valence-electron chi connectivity index (χ3n) is 3.28. The van der Waals surface area contributed by atoms with Crippen LogP contribution in [0.3, 0.4) is 0 Å². The van der Waals surface area contributed by atoms with Crippen molar-refractivity contribution in [3.8, 4) is 0 Å². The molecule has 1 saturated heterocycles. The summed E-state index contributed by atoms with van der Waals surface area (Å²) < 4.78 is 5.59. The molecule has 0 spiro atoms.